The van der Waals surface area contributed by atoms with E-state index >= 15 is 0 Å². The van der Waals surface area contributed by atoms with E-state index in [9.17, 15) is 4.79 Å². The highest BCUT2D eigenvalue weighted by Gasteiger charge is 2.31. The van der Waals surface area contributed by atoms with Gasteiger partial charge in [-0.25, -0.2) is 4.79 Å². The summed E-state index contributed by atoms with van der Waals surface area (Å²) in [6.45, 7) is 11.6. The van der Waals surface area contributed by atoms with E-state index in [1.165, 1.54) is 17.9 Å². The van der Waals surface area contributed by atoms with E-state index in [0.29, 0.717) is 18.0 Å². The van der Waals surface area contributed by atoms with Gasteiger partial charge in [-0.1, -0.05) is 26.0 Å². The Kier molecular flexibility index (Phi) is 7.07. The molecule has 0 saturated carbocycles. The topological polar surface area (TPSA) is 50.4 Å². The van der Waals surface area contributed by atoms with Crippen LogP contribution in [0.2, 0.25) is 0 Å². The SMILES string of the molecule is CC(C)(C)OC(=O)NC/C=C/CNC1CSCCC1(C)C. The molecule has 21 heavy (non-hydrogen) atoms. The van der Waals surface area contributed by atoms with Gasteiger partial charge in [0.15, 0.2) is 0 Å². The van der Waals surface area contributed by atoms with Gasteiger partial charge < -0.3 is 15.4 Å². The van der Waals surface area contributed by atoms with Gasteiger partial charge in [-0.15, -0.1) is 0 Å². The van der Waals surface area contributed by atoms with Gasteiger partial charge in [0.2, 0.25) is 0 Å². The van der Waals surface area contributed by atoms with E-state index in [-0.39, 0.29) is 6.09 Å². The molecule has 1 amide bonds. The van der Waals surface area contributed by atoms with Crippen LogP contribution < -0.4 is 10.6 Å². The smallest absolute Gasteiger partial charge is 0.407 e. The first-order valence-corrected chi connectivity index (χ1v) is 8.79. The number of thioether (sulfide) groups is 1. The normalized spacial score (nSPS) is 22.2. The third-order valence-electron chi connectivity index (χ3n) is 3.53. The first-order valence-electron chi connectivity index (χ1n) is 7.64. The molecule has 1 heterocycles. The first-order chi connectivity index (χ1) is 9.71. The molecule has 122 valence electrons. The highest BCUT2D eigenvalue weighted by molar-refractivity contribution is 7.99. The van der Waals surface area contributed by atoms with Gasteiger partial charge in [0, 0.05) is 24.9 Å². The Bertz CT molecular complexity index is 362. The van der Waals surface area contributed by atoms with Gasteiger partial charge in [-0.05, 0) is 38.4 Å². The molecule has 1 aliphatic heterocycles. The third kappa shape index (κ3) is 7.77. The summed E-state index contributed by atoms with van der Waals surface area (Å²) in [5.41, 5.74) is -0.0760. The Morgan fingerprint density at radius 3 is 2.62 bits per heavy atom. The molecular weight excluding hydrogens is 284 g/mol. The molecule has 1 fully saturated rings. The van der Waals surface area contributed by atoms with E-state index in [1.54, 1.807) is 0 Å². The van der Waals surface area contributed by atoms with E-state index in [1.807, 2.05) is 38.6 Å². The van der Waals surface area contributed by atoms with E-state index in [4.69, 9.17) is 4.74 Å². The molecular formula is C16H30N2O2S. The van der Waals surface area contributed by atoms with Crippen molar-refractivity contribution >= 4 is 17.9 Å². The minimum atomic E-state index is -0.445. The molecule has 4 nitrogen and oxygen atoms in total. The molecule has 1 unspecified atom stereocenters. The van der Waals surface area contributed by atoms with Gasteiger partial charge in [0.25, 0.3) is 0 Å². The number of hydrogen-bond acceptors (Lipinski definition) is 4. The Hall–Kier alpha value is -0.680. The van der Waals surface area contributed by atoms with Crippen LogP contribution in [-0.2, 0) is 4.74 Å². The molecule has 1 atom stereocenters. The summed E-state index contributed by atoms with van der Waals surface area (Å²) in [7, 11) is 0. The molecule has 0 bridgehead atoms. The van der Waals surface area contributed by atoms with Crippen LogP contribution in [0.15, 0.2) is 12.2 Å². The predicted octanol–water partition coefficient (Wildman–Crippen LogP) is 3.19. The van der Waals surface area contributed by atoms with Crippen LogP contribution in [0, 0.1) is 5.41 Å². The Morgan fingerprint density at radius 2 is 2.00 bits per heavy atom. The van der Waals surface area contributed by atoms with Crippen LogP contribution in [0.4, 0.5) is 4.79 Å². The monoisotopic (exact) mass is 314 g/mol. The van der Waals surface area contributed by atoms with Crippen molar-refractivity contribution in [2.75, 3.05) is 24.6 Å². The minimum Gasteiger partial charge on any atom is -0.444 e. The molecule has 1 aliphatic rings. The van der Waals surface area contributed by atoms with Crippen molar-refractivity contribution in [1.82, 2.24) is 10.6 Å². The first kappa shape index (κ1) is 18.4. The van der Waals surface area contributed by atoms with Crippen molar-refractivity contribution in [3.05, 3.63) is 12.2 Å². The van der Waals surface area contributed by atoms with Gasteiger partial charge in [-0.3, -0.25) is 0 Å². The van der Waals surface area contributed by atoms with Crippen LogP contribution in [0.1, 0.15) is 41.0 Å². The Labute approximate surface area is 133 Å². The summed E-state index contributed by atoms with van der Waals surface area (Å²) >= 11 is 2.02. The number of carbonyl (C=O) groups is 1. The summed E-state index contributed by atoms with van der Waals surface area (Å²) in [6, 6.07) is 0.555. The van der Waals surface area contributed by atoms with Crippen LogP contribution in [0.5, 0.6) is 0 Å². The lowest BCUT2D eigenvalue weighted by Gasteiger charge is -2.38. The third-order valence-corrected chi connectivity index (χ3v) is 4.59. The van der Waals surface area contributed by atoms with Crippen LogP contribution >= 0.6 is 11.8 Å². The molecule has 0 aromatic carbocycles. The van der Waals surface area contributed by atoms with Crippen LogP contribution in [-0.4, -0.2) is 42.3 Å². The molecule has 1 saturated heterocycles. The summed E-state index contributed by atoms with van der Waals surface area (Å²) in [4.78, 5) is 11.4. The number of amides is 1. The number of alkyl carbamates (subject to hydrolysis) is 1. The number of rotatable bonds is 5. The Morgan fingerprint density at radius 1 is 1.33 bits per heavy atom. The molecule has 5 heteroatoms. The van der Waals surface area contributed by atoms with Crippen molar-refractivity contribution in [3.8, 4) is 0 Å². The second-order valence-electron chi connectivity index (χ2n) is 7.13. The molecule has 0 radical (unpaired) electrons. The van der Waals surface area contributed by atoms with Gasteiger partial charge in [0.1, 0.15) is 5.60 Å². The average molecular weight is 314 g/mol. The number of nitrogens with one attached hydrogen (secondary N) is 2. The average Bonchev–Trinajstić information content (AvgIpc) is 2.32. The fourth-order valence-electron chi connectivity index (χ4n) is 2.10. The molecule has 2 N–H and O–H groups in total. The highest BCUT2D eigenvalue weighted by atomic mass is 32.2. The second kappa shape index (κ2) is 8.08. The van der Waals surface area contributed by atoms with Gasteiger partial charge >= 0.3 is 6.09 Å². The van der Waals surface area contributed by atoms with E-state index < -0.39 is 5.60 Å². The standard InChI is InChI=1S/C16H30N2O2S/c1-15(2,3)20-14(19)18-10-7-6-9-17-13-12-21-11-8-16(13,4)5/h6-7,13,17H,8-12H2,1-5H3,(H,18,19)/b7-6+. The van der Waals surface area contributed by atoms with Crippen molar-refractivity contribution in [2.24, 2.45) is 5.41 Å². The maximum atomic E-state index is 11.4. The van der Waals surface area contributed by atoms with Crippen LogP contribution in [0.3, 0.4) is 0 Å². The summed E-state index contributed by atoms with van der Waals surface area (Å²) < 4.78 is 5.16. The predicted molar refractivity (Wildman–Crippen MR) is 90.9 cm³/mol. The van der Waals surface area contributed by atoms with Crippen LogP contribution in [0.25, 0.3) is 0 Å². The zero-order chi connectivity index (χ0) is 15.9. The fourth-order valence-corrected chi connectivity index (χ4v) is 3.75. The van der Waals surface area contributed by atoms with Crippen molar-refractivity contribution in [1.29, 1.82) is 0 Å². The lowest BCUT2D eigenvalue weighted by Crippen LogP contribution is -2.46. The maximum absolute atomic E-state index is 11.4. The summed E-state index contributed by atoms with van der Waals surface area (Å²) in [6.07, 6.45) is 4.91. The van der Waals surface area contributed by atoms with Crippen molar-refractivity contribution in [2.45, 2.75) is 52.7 Å². The number of carbonyl (C=O) groups excluding carboxylic acids is 1. The molecule has 0 spiro atoms. The lowest BCUT2D eigenvalue weighted by molar-refractivity contribution is 0.0534. The zero-order valence-electron chi connectivity index (χ0n) is 14.0. The van der Waals surface area contributed by atoms with Crippen molar-refractivity contribution in [3.63, 3.8) is 0 Å². The molecule has 0 aromatic heterocycles. The maximum Gasteiger partial charge on any atom is 0.407 e. The largest absolute Gasteiger partial charge is 0.444 e. The molecule has 1 rings (SSSR count). The fraction of sp³-hybridized carbons (Fsp3) is 0.812. The highest BCUT2D eigenvalue weighted by Crippen LogP contribution is 2.33. The van der Waals surface area contributed by atoms with E-state index in [2.05, 4.69) is 30.6 Å². The lowest BCUT2D eigenvalue weighted by atomic mass is 9.82. The number of hydrogen-bond donors (Lipinski definition) is 2. The molecule has 0 aromatic rings. The Balaban J connectivity index is 2.16. The van der Waals surface area contributed by atoms with Crippen molar-refractivity contribution < 1.29 is 9.53 Å². The van der Waals surface area contributed by atoms with Gasteiger partial charge in [0.05, 0.1) is 0 Å². The summed E-state index contributed by atoms with van der Waals surface area (Å²) in [5.74, 6) is 2.44. The van der Waals surface area contributed by atoms with E-state index in [0.717, 1.165) is 6.54 Å². The second-order valence-corrected chi connectivity index (χ2v) is 8.28. The zero-order valence-corrected chi connectivity index (χ0v) is 14.8. The summed E-state index contributed by atoms with van der Waals surface area (Å²) in [5, 5.41) is 6.30. The molecule has 0 aliphatic carbocycles. The van der Waals surface area contributed by atoms with Gasteiger partial charge in [-0.2, -0.15) is 11.8 Å². The quantitative estimate of drug-likeness (QED) is 0.765. The number of ether oxygens (including phenoxy) is 1. The minimum absolute atomic E-state index is 0.369.